The Bertz CT molecular complexity index is 2000. The van der Waals surface area contributed by atoms with Crippen LogP contribution in [0.3, 0.4) is 0 Å². The molecule has 354 valence electrons. The summed E-state index contributed by atoms with van der Waals surface area (Å²) in [7, 11) is -0.615. The van der Waals surface area contributed by atoms with Gasteiger partial charge in [0.25, 0.3) is 5.91 Å². The van der Waals surface area contributed by atoms with Crippen LogP contribution in [-0.2, 0) is 18.9 Å². The van der Waals surface area contributed by atoms with Gasteiger partial charge in [0.15, 0.2) is 0 Å². The maximum Gasteiger partial charge on any atom is 0.481 e. The van der Waals surface area contributed by atoms with E-state index in [-0.39, 0.29) is 47.4 Å². The Hall–Kier alpha value is -3.68. The number of urea groups is 1. The van der Waals surface area contributed by atoms with Crippen LogP contribution in [0.2, 0.25) is 0 Å². The van der Waals surface area contributed by atoms with E-state index in [1.807, 2.05) is 47.4 Å². The fraction of sp³-hybridized carbons (Fsp3) is 0.731. The van der Waals surface area contributed by atoms with Crippen molar-refractivity contribution in [3.05, 3.63) is 48.0 Å². The second kappa shape index (κ2) is 20.3. The van der Waals surface area contributed by atoms with Crippen LogP contribution < -0.4 is 21.3 Å². The molecule has 8 atom stereocenters. The van der Waals surface area contributed by atoms with Crippen molar-refractivity contribution in [3.8, 4) is 0 Å². The standard InChI is InChI=1S/C52H77BN6O6/c1-51(2)39-31-44(51)52(3)45(32-39)64-53(65-52)46(23-13-14-26-54-50(63)55-40-21-9-5-10-22-40)57-48(61)43-33-41(58-27-15-6-16-28-58)34-59(43)49(62)42(29-35-17-7-4-8-18-35)56-47(60)38-25-24-36-19-11-12-20-37(36)30-38/h11-12,19-20,24-25,30,35,39-46H,4-10,13-18,21-23,26-29,31-34H2,1-3H3,(H,56,60)(H,57,61)(H2,54,55,63)/t39-,41+,42+,43-,44-,45+,46-,52-/m0/s1. The van der Waals surface area contributed by atoms with Gasteiger partial charge in [0.1, 0.15) is 12.1 Å². The first-order chi connectivity index (χ1) is 31.5. The average Bonchev–Trinajstić information content (AvgIpc) is 3.93. The van der Waals surface area contributed by atoms with Crippen LogP contribution in [0.5, 0.6) is 0 Å². The Morgan fingerprint density at radius 3 is 2.29 bits per heavy atom. The summed E-state index contributed by atoms with van der Waals surface area (Å²) in [5.74, 6) is 0.278. The van der Waals surface area contributed by atoms with E-state index in [0.717, 1.165) is 114 Å². The molecule has 5 saturated carbocycles. The molecule has 5 aliphatic carbocycles. The Kier molecular flexibility index (Phi) is 14.5. The smallest absolute Gasteiger partial charge is 0.404 e. The molecule has 3 saturated heterocycles. The number of rotatable bonds is 15. The van der Waals surface area contributed by atoms with Crippen LogP contribution in [0.4, 0.5) is 4.79 Å². The Labute approximate surface area is 388 Å². The number of hydrogen-bond donors (Lipinski definition) is 4. The summed E-state index contributed by atoms with van der Waals surface area (Å²) in [6, 6.07) is 12.5. The molecule has 8 aliphatic rings. The van der Waals surface area contributed by atoms with E-state index >= 15 is 9.59 Å². The lowest BCUT2D eigenvalue weighted by Gasteiger charge is -2.64. The normalized spacial score (nSPS) is 30.2. The van der Waals surface area contributed by atoms with E-state index in [4.69, 9.17) is 9.31 Å². The molecule has 65 heavy (non-hydrogen) atoms. The quantitative estimate of drug-likeness (QED) is 0.105. The van der Waals surface area contributed by atoms with Crippen molar-refractivity contribution in [2.75, 3.05) is 26.2 Å². The highest BCUT2D eigenvalue weighted by Crippen LogP contribution is 2.65. The molecule has 3 heterocycles. The molecule has 13 heteroatoms. The minimum Gasteiger partial charge on any atom is -0.404 e. The third kappa shape index (κ3) is 10.3. The molecular weight excluding hydrogens is 815 g/mol. The topological polar surface area (TPSA) is 141 Å². The minimum atomic E-state index is -0.745. The van der Waals surface area contributed by atoms with Crippen LogP contribution in [0, 0.1) is 23.2 Å². The van der Waals surface area contributed by atoms with Gasteiger partial charge in [0, 0.05) is 30.7 Å². The number of fused-ring (bicyclic) bond motifs is 1. The average molecular weight is 893 g/mol. The molecule has 3 aliphatic heterocycles. The van der Waals surface area contributed by atoms with Gasteiger partial charge >= 0.3 is 13.1 Å². The van der Waals surface area contributed by atoms with Crippen molar-refractivity contribution in [2.24, 2.45) is 23.2 Å². The van der Waals surface area contributed by atoms with Gasteiger partial charge in [-0.1, -0.05) is 108 Å². The van der Waals surface area contributed by atoms with Crippen LogP contribution in [0.15, 0.2) is 42.5 Å². The lowest BCUT2D eigenvalue weighted by Crippen LogP contribution is -2.65. The number of carbonyl (C=O) groups is 4. The minimum absolute atomic E-state index is 0.0337. The predicted molar refractivity (Wildman–Crippen MR) is 255 cm³/mol. The zero-order valence-corrected chi connectivity index (χ0v) is 39.6. The summed E-state index contributed by atoms with van der Waals surface area (Å²) in [4.78, 5) is 61.5. The van der Waals surface area contributed by atoms with Crippen molar-refractivity contribution in [3.63, 3.8) is 0 Å². The third-order valence-corrected chi connectivity index (χ3v) is 17.5. The van der Waals surface area contributed by atoms with E-state index in [1.54, 1.807) is 0 Å². The molecule has 2 aromatic rings. The largest absolute Gasteiger partial charge is 0.481 e. The molecule has 12 nitrogen and oxygen atoms in total. The maximum atomic E-state index is 15.2. The predicted octanol–water partition coefficient (Wildman–Crippen LogP) is 7.92. The Morgan fingerprint density at radius 2 is 1.54 bits per heavy atom. The molecule has 0 unspecified atom stereocenters. The molecular formula is C52H77BN6O6. The number of benzene rings is 2. The summed E-state index contributed by atoms with van der Waals surface area (Å²) in [6.07, 6.45) is 19.9. The van der Waals surface area contributed by atoms with E-state index in [9.17, 15) is 9.59 Å². The number of carbonyl (C=O) groups excluding carboxylic acids is 4. The number of nitrogens with zero attached hydrogens (tertiary/aromatic N) is 2. The van der Waals surface area contributed by atoms with Crippen LogP contribution in [-0.4, -0.2) is 109 Å². The highest BCUT2D eigenvalue weighted by Gasteiger charge is 2.68. The van der Waals surface area contributed by atoms with Gasteiger partial charge in [0.2, 0.25) is 11.8 Å². The van der Waals surface area contributed by atoms with Crippen molar-refractivity contribution in [2.45, 2.75) is 191 Å². The van der Waals surface area contributed by atoms with Gasteiger partial charge in [-0.2, -0.15) is 0 Å². The lowest BCUT2D eigenvalue weighted by molar-refractivity contribution is -0.199. The van der Waals surface area contributed by atoms with E-state index < -0.39 is 30.7 Å². The monoisotopic (exact) mass is 893 g/mol. The summed E-state index contributed by atoms with van der Waals surface area (Å²) in [6.45, 7) is 9.85. The molecule has 4 N–H and O–H groups in total. The molecule has 0 aromatic heterocycles. The molecule has 5 amide bonds. The van der Waals surface area contributed by atoms with Crippen molar-refractivity contribution >= 4 is 41.6 Å². The highest BCUT2D eigenvalue weighted by atomic mass is 16.7. The van der Waals surface area contributed by atoms with Crippen molar-refractivity contribution in [1.82, 2.24) is 31.1 Å². The first-order valence-electron chi connectivity index (χ1n) is 26.0. The summed E-state index contributed by atoms with van der Waals surface area (Å²) in [5.41, 5.74) is 0.273. The molecule has 8 fully saturated rings. The first-order valence-corrected chi connectivity index (χ1v) is 26.0. The van der Waals surface area contributed by atoms with Crippen LogP contribution in [0.1, 0.15) is 160 Å². The van der Waals surface area contributed by atoms with Crippen molar-refractivity contribution < 1.29 is 28.5 Å². The molecule has 2 bridgehead atoms. The molecule has 10 rings (SSSR count). The van der Waals surface area contributed by atoms with Gasteiger partial charge in [0.05, 0.1) is 17.6 Å². The highest BCUT2D eigenvalue weighted by molar-refractivity contribution is 6.48. The summed E-state index contributed by atoms with van der Waals surface area (Å²) < 4.78 is 13.9. The number of nitrogens with one attached hydrogen (secondary N) is 4. The number of piperidine rings is 1. The SMILES string of the molecule is CC1(C)[C@@H]2C[C@H]3OB([C@H](CCCCNC(=O)NC4CCCCC4)NC(=O)[C@@H]4C[C@@H](N5CCCCC5)CN4C(=O)[C@@H](CC4CCCCC4)NC(=O)c4ccc5ccccc5c4)O[C@@]3(C)[C@H]1C2. The summed E-state index contributed by atoms with van der Waals surface area (Å²) in [5, 5.41) is 15.0. The number of likely N-dealkylation sites (tertiary alicyclic amines) is 2. The van der Waals surface area contributed by atoms with Crippen LogP contribution in [0.25, 0.3) is 10.8 Å². The van der Waals surface area contributed by atoms with E-state index in [1.165, 1.54) is 19.3 Å². The third-order valence-electron chi connectivity index (χ3n) is 17.5. The van der Waals surface area contributed by atoms with Crippen molar-refractivity contribution in [1.29, 1.82) is 0 Å². The van der Waals surface area contributed by atoms with Gasteiger partial charge in [-0.3, -0.25) is 19.3 Å². The van der Waals surface area contributed by atoms with Gasteiger partial charge < -0.3 is 35.5 Å². The molecule has 0 radical (unpaired) electrons. The first kappa shape index (κ1) is 46.4. The number of hydrogen-bond acceptors (Lipinski definition) is 7. The van der Waals surface area contributed by atoms with Crippen LogP contribution >= 0.6 is 0 Å². The van der Waals surface area contributed by atoms with Gasteiger partial charge in [-0.15, -0.1) is 0 Å². The van der Waals surface area contributed by atoms with E-state index in [0.29, 0.717) is 55.7 Å². The molecule has 0 spiro atoms. The fourth-order valence-electron chi connectivity index (χ4n) is 13.4. The number of amides is 5. The number of unbranched alkanes of at least 4 members (excludes halogenated alkanes) is 1. The van der Waals surface area contributed by atoms with Gasteiger partial charge in [-0.05, 0) is 130 Å². The second-order valence-electron chi connectivity index (χ2n) is 22.0. The Morgan fingerprint density at radius 1 is 0.815 bits per heavy atom. The summed E-state index contributed by atoms with van der Waals surface area (Å²) >= 11 is 0. The lowest BCUT2D eigenvalue weighted by atomic mass is 9.43. The second-order valence-corrected chi connectivity index (χ2v) is 22.0. The maximum absolute atomic E-state index is 15.2. The molecule has 2 aromatic carbocycles. The van der Waals surface area contributed by atoms with Gasteiger partial charge in [-0.25, -0.2) is 4.79 Å². The fourth-order valence-corrected chi connectivity index (χ4v) is 13.4. The zero-order chi connectivity index (χ0) is 45.1. The zero-order valence-electron chi connectivity index (χ0n) is 39.6. The Balaban J connectivity index is 0.929. The van der Waals surface area contributed by atoms with E-state index in [2.05, 4.69) is 46.9 Å².